The smallest absolute Gasteiger partial charge is 0.251 e. The highest BCUT2D eigenvalue weighted by molar-refractivity contribution is 7.89. The summed E-state index contributed by atoms with van der Waals surface area (Å²) in [6.07, 6.45) is 2.63. The van der Waals surface area contributed by atoms with Gasteiger partial charge in [-0.25, -0.2) is 8.42 Å². The van der Waals surface area contributed by atoms with Crippen molar-refractivity contribution in [2.24, 2.45) is 0 Å². The largest absolute Gasteiger partial charge is 0.495 e. The van der Waals surface area contributed by atoms with Gasteiger partial charge in [-0.3, -0.25) is 4.79 Å². The second kappa shape index (κ2) is 10.9. The minimum Gasteiger partial charge on any atom is -0.495 e. The first-order chi connectivity index (χ1) is 15.8. The minimum atomic E-state index is -3.80. The highest BCUT2D eigenvalue weighted by Crippen LogP contribution is 2.32. The topological polar surface area (TPSA) is 94.2 Å². The van der Waals surface area contributed by atoms with Crippen LogP contribution in [0.3, 0.4) is 0 Å². The number of hydrogen-bond acceptors (Lipinski definition) is 6. The molecule has 1 saturated heterocycles. The van der Waals surface area contributed by atoms with E-state index in [1.54, 1.807) is 25.3 Å². The fraction of sp³-hybridized carbons (Fsp3) is 0.458. The molecule has 0 radical (unpaired) electrons. The summed E-state index contributed by atoms with van der Waals surface area (Å²) in [6.45, 7) is 5.03. The highest BCUT2D eigenvalue weighted by atomic mass is 32.2. The van der Waals surface area contributed by atoms with Crippen LogP contribution < -0.4 is 19.5 Å². The Bertz CT molecular complexity index is 1090. The molecule has 1 aliphatic rings. The summed E-state index contributed by atoms with van der Waals surface area (Å²) in [7, 11) is -0.817. The lowest BCUT2D eigenvalue weighted by Gasteiger charge is -2.32. The maximum Gasteiger partial charge on any atom is 0.251 e. The quantitative estimate of drug-likeness (QED) is 0.594. The highest BCUT2D eigenvalue weighted by Gasteiger charge is 2.33. The van der Waals surface area contributed by atoms with E-state index in [0.29, 0.717) is 24.7 Å². The van der Waals surface area contributed by atoms with Gasteiger partial charge in [0.05, 0.1) is 20.8 Å². The maximum atomic E-state index is 13.4. The lowest BCUT2D eigenvalue weighted by atomic mass is 10.1. The molecule has 1 fully saturated rings. The third-order valence-corrected chi connectivity index (χ3v) is 7.77. The lowest BCUT2D eigenvalue weighted by molar-refractivity contribution is 0.0950. The van der Waals surface area contributed by atoms with Crippen LogP contribution in [0, 0.1) is 0 Å². The first-order valence-electron chi connectivity index (χ1n) is 11.1. The molecule has 0 spiro atoms. The van der Waals surface area contributed by atoms with Crippen LogP contribution in [0.25, 0.3) is 0 Å². The second-order valence-corrected chi connectivity index (χ2v) is 9.79. The summed E-state index contributed by atoms with van der Waals surface area (Å²) < 4.78 is 44.4. The Labute approximate surface area is 195 Å². The van der Waals surface area contributed by atoms with E-state index in [0.717, 1.165) is 24.8 Å². The van der Waals surface area contributed by atoms with E-state index in [1.807, 2.05) is 19.9 Å². The summed E-state index contributed by atoms with van der Waals surface area (Å²) in [5.41, 5.74) is 1.07. The van der Waals surface area contributed by atoms with Crippen molar-refractivity contribution in [3.8, 4) is 17.2 Å². The second-order valence-electron chi connectivity index (χ2n) is 7.93. The SMILES string of the molecule is CCOc1ccc(CNC(=O)c2ccc(OC)c(S(=O)(=O)N3CCCCC3C)c2)cc1OC. The summed E-state index contributed by atoms with van der Waals surface area (Å²) in [5.74, 6) is 1.05. The van der Waals surface area contributed by atoms with Crippen LogP contribution in [0.1, 0.15) is 49.0 Å². The molecule has 9 heteroatoms. The van der Waals surface area contributed by atoms with Gasteiger partial charge in [-0.15, -0.1) is 0 Å². The fourth-order valence-corrected chi connectivity index (χ4v) is 5.84. The summed E-state index contributed by atoms with van der Waals surface area (Å²) in [5, 5.41) is 2.84. The molecular weight excluding hydrogens is 444 g/mol. The molecule has 0 aliphatic carbocycles. The van der Waals surface area contributed by atoms with Crippen molar-refractivity contribution in [2.45, 2.75) is 50.6 Å². The van der Waals surface area contributed by atoms with Crippen LogP contribution in [0.5, 0.6) is 17.2 Å². The third-order valence-electron chi connectivity index (χ3n) is 5.74. The number of methoxy groups -OCH3 is 2. The van der Waals surface area contributed by atoms with Crippen LogP contribution in [0.2, 0.25) is 0 Å². The Hall–Kier alpha value is -2.78. The van der Waals surface area contributed by atoms with Gasteiger partial charge in [0.25, 0.3) is 5.91 Å². The normalized spacial score (nSPS) is 16.8. The van der Waals surface area contributed by atoms with Crippen molar-refractivity contribution in [3.05, 3.63) is 47.5 Å². The predicted octanol–water partition coefficient (Wildman–Crippen LogP) is 3.60. The Morgan fingerprint density at radius 1 is 1.06 bits per heavy atom. The van der Waals surface area contributed by atoms with Gasteiger partial charge < -0.3 is 19.5 Å². The van der Waals surface area contributed by atoms with E-state index in [4.69, 9.17) is 14.2 Å². The number of piperidine rings is 1. The Kier molecular flexibility index (Phi) is 8.20. The molecule has 1 amide bonds. The summed E-state index contributed by atoms with van der Waals surface area (Å²) >= 11 is 0. The van der Waals surface area contributed by atoms with Gasteiger partial charge in [0.15, 0.2) is 11.5 Å². The number of carbonyl (C=O) groups excluding carboxylic acids is 1. The average Bonchev–Trinajstić information content (AvgIpc) is 2.83. The molecule has 2 aromatic carbocycles. The number of nitrogens with one attached hydrogen (secondary N) is 1. The summed E-state index contributed by atoms with van der Waals surface area (Å²) in [6, 6.07) is 9.82. The number of rotatable bonds is 9. The van der Waals surface area contributed by atoms with Crippen LogP contribution in [0.4, 0.5) is 0 Å². The number of nitrogens with zero attached hydrogens (tertiary/aromatic N) is 1. The molecule has 0 aromatic heterocycles. The van der Waals surface area contributed by atoms with Gasteiger partial charge in [-0.05, 0) is 62.6 Å². The Morgan fingerprint density at radius 2 is 1.79 bits per heavy atom. The number of carbonyl (C=O) groups is 1. The molecule has 1 heterocycles. The van der Waals surface area contributed by atoms with Crippen LogP contribution in [-0.4, -0.2) is 52.0 Å². The lowest BCUT2D eigenvalue weighted by Crippen LogP contribution is -2.42. The van der Waals surface area contributed by atoms with Crippen molar-refractivity contribution >= 4 is 15.9 Å². The molecule has 0 bridgehead atoms. The van der Waals surface area contributed by atoms with Crippen molar-refractivity contribution in [1.82, 2.24) is 9.62 Å². The molecular formula is C24H32N2O6S. The van der Waals surface area contributed by atoms with E-state index in [2.05, 4.69) is 5.32 Å². The van der Waals surface area contributed by atoms with Gasteiger partial charge in [-0.2, -0.15) is 4.31 Å². The predicted molar refractivity (Wildman–Crippen MR) is 126 cm³/mol. The van der Waals surface area contributed by atoms with E-state index >= 15 is 0 Å². The first kappa shape index (κ1) is 24.9. The molecule has 8 nitrogen and oxygen atoms in total. The van der Waals surface area contributed by atoms with E-state index in [-0.39, 0.29) is 34.7 Å². The molecule has 1 atom stereocenters. The molecule has 1 aliphatic heterocycles. The van der Waals surface area contributed by atoms with Gasteiger partial charge >= 0.3 is 0 Å². The van der Waals surface area contributed by atoms with Crippen molar-refractivity contribution < 1.29 is 27.4 Å². The first-order valence-corrected chi connectivity index (χ1v) is 12.5. The summed E-state index contributed by atoms with van der Waals surface area (Å²) in [4.78, 5) is 12.9. The molecule has 2 aromatic rings. The standard InChI is InChI=1S/C24H32N2O6S/c1-5-32-20-11-9-18(14-22(20)31-4)16-25-24(27)19-10-12-21(30-3)23(15-19)33(28,29)26-13-7-6-8-17(26)2/h9-12,14-15,17H,5-8,13,16H2,1-4H3,(H,25,27). The Morgan fingerprint density at radius 3 is 2.45 bits per heavy atom. The zero-order chi connectivity index (χ0) is 24.0. The molecule has 33 heavy (non-hydrogen) atoms. The van der Waals surface area contributed by atoms with Gasteiger partial charge in [0, 0.05) is 24.7 Å². The van der Waals surface area contributed by atoms with Crippen LogP contribution in [-0.2, 0) is 16.6 Å². The van der Waals surface area contributed by atoms with Crippen LogP contribution in [0.15, 0.2) is 41.3 Å². The average molecular weight is 477 g/mol. The molecule has 0 saturated carbocycles. The monoisotopic (exact) mass is 476 g/mol. The number of amides is 1. The maximum absolute atomic E-state index is 13.4. The number of ether oxygens (including phenoxy) is 3. The van der Waals surface area contributed by atoms with E-state index < -0.39 is 10.0 Å². The number of hydrogen-bond donors (Lipinski definition) is 1. The number of sulfonamides is 1. The zero-order valence-electron chi connectivity index (χ0n) is 19.6. The Balaban J connectivity index is 1.80. The number of benzene rings is 2. The zero-order valence-corrected chi connectivity index (χ0v) is 20.4. The van der Waals surface area contributed by atoms with Gasteiger partial charge in [-0.1, -0.05) is 12.5 Å². The molecule has 180 valence electrons. The molecule has 1 unspecified atom stereocenters. The van der Waals surface area contributed by atoms with E-state index in [9.17, 15) is 13.2 Å². The molecule has 1 N–H and O–H groups in total. The fourth-order valence-electron chi connectivity index (χ4n) is 3.96. The van der Waals surface area contributed by atoms with Crippen LogP contribution >= 0.6 is 0 Å². The van der Waals surface area contributed by atoms with E-state index in [1.165, 1.54) is 23.5 Å². The van der Waals surface area contributed by atoms with Crippen molar-refractivity contribution in [1.29, 1.82) is 0 Å². The van der Waals surface area contributed by atoms with Crippen molar-refractivity contribution in [2.75, 3.05) is 27.4 Å². The third kappa shape index (κ3) is 5.59. The van der Waals surface area contributed by atoms with Crippen molar-refractivity contribution in [3.63, 3.8) is 0 Å². The van der Waals surface area contributed by atoms with Gasteiger partial charge in [0.2, 0.25) is 10.0 Å². The molecule has 3 rings (SSSR count). The minimum absolute atomic E-state index is 0.00846. The van der Waals surface area contributed by atoms with Gasteiger partial charge in [0.1, 0.15) is 10.6 Å².